The Kier molecular flexibility index (Phi) is 3.23. The monoisotopic (exact) mass is 478 g/mol. The molecule has 6 heteroatoms. The van der Waals surface area contributed by atoms with Crippen molar-refractivity contribution in [3.8, 4) is 28.2 Å². The molecule has 168 valence electrons. The van der Waals surface area contributed by atoms with Crippen molar-refractivity contribution in [2.24, 2.45) is 0 Å². The first-order valence-electron chi connectivity index (χ1n) is 14.0. The maximum atomic E-state index is 7.87. The molecule has 0 radical (unpaired) electrons. The highest BCUT2D eigenvalue weighted by Crippen LogP contribution is 2.38. The molecule has 0 aliphatic heterocycles. The first-order valence-corrected chi connectivity index (χ1v) is 11.8. The standard InChI is InChI=1S/C29H20N4OS/c1-17-11-16-23-22-9-6-10-24(25(22)34-28(23)30-17)26-32-29-27(31-18(2)35-29)33(26)21-14-12-20(13-15-21)19-7-4-3-5-8-19/h3-16H,1-2H3/i1D3,2D3. The molecule has 35 heavy (non-hydrogen) atoms. The van der Waals surface area contributed by atoms with Gasteiger partial charge in [0.1, 0.15) is 5.58 Å². The summed E-state index contributed by atoms with van der Waals surface area (Å²) < 4.78 is 54.8. The first kappa shape index (κ1) is 14.9. The minimum absolute atomic E-state index is 0.0135. The molecule has 7 rings (SSSR count). The van der Waals surface area contributed by atoms with E-state index in [1.807, 2.05) is 77.4 Å². The second-order valence-corrected chi connectivity index (χ2v) is 9.14. The van der Waals surface area contributed by atoms with E-state index < -0.39 is 13.7 Å². The normalized spacial score (nSPS) is 15.0. The third-order valence-electron chi connectivity index (χ3n) is 6.06. The van der Waals surface area contributed by atoms with Crippen LogP contribution in [0.4, 0.5) is 0 Å². The van der Waals surface area contributed by atoms with E-state index in [4.69, 9.17) is 17.6 Å². The van der Waals surface area contributed by atoms with Gasteiger partial charge in [0.15, 0.2) is 16.3 Å². The van der Waals surface area contributed by atoms with Crippen molar-refractivity contribution in [3.63, 3.8) is 0 Å². The van der Waals surface area contributed by atoms with E-state index in [9.17, 15) is 0 Å². The maximum absolute atomic E-state index is 7.87. The molecule has 4 heterocycles. The molecule has 3 aromatic carbocycles. The number of furan rings is 1. The predicted octanol–water partition coefficient (Wildman–Crippen LogP) is 7.73. The van der Waals surface area contributed by atoms with Crippen LogP contribution in [0.1, 0.15) is 18.9 Å². The number of aromatic nitrogens is 4. The number of benzene rings is 3. The van der Waals surface area contributed by atoms with E-state index in [-0.39, 0.29) is 16.4 Å². The highest BCUT2D eigenvalue weighted by atomic mass is 32.1. The number of pyridine rings is 1. The average molecular weight is 479 g/mol. The number of thiazole rings is 1. The van der Waals surface area contributed by atoms with Gasteiger partial charge in [0, 0.05) is 30.4 Å². The van der Waals surface area contributed by atoms with Gasteiger partial charge in [0.2, 0.25) is 5.71 Å². The second kappa shape index (κ2) is 7.61. The van der Waals surface area contributed by atoms with Gasteiger partial charge in [-0.1, -0.05) is 65.9 Å². The zero-order chi connectivity index (χ0) is 28.5. The number of para-hydroxylation sites is 1. The Labute approximate surface area is 213 Å². The van der Waals surface area contributed by atoms with Gasteiger partial charge in [-0.2, -0.15) is 0 Å². The van der Waals surface area contributed by atoms with Crippen molar-refractivity contribution < 1.29 is 12.6 Å². The number of fused-ring (bicyclic) bond motifs is 4. The minimum atomic E-state index is -2.37. The summed E-state index contributed by atoms with van der Waals surface area (Å²) in [7, 11) is 0. The Morgan fingerprint density at radius 3 is 2.46 bits per heavy atom. The van der Waals surface area contributed by atoms with Crippen LogP contribution in [0.2, 0.25) is 0 Å². The molecule has 0 spiro atoms. The summed E-state index contributed by atoms with van der Waals surface area (Å²) in [5.41, 5.74) is 4.59. The van der Waals surface area contributed by atoms with Crippen molar-refractivity contribution in [2.45, 2.75) is 13.7 Å². The highest BCUT2D eigenvalue weighted by Gasteiger charge is 2.22. The molecule has 7 aromatic rings. The lowest BCUT2D eigenvalue weighted by molar-refractivity contribution is 0.653. The fourth-order valence-electron chi connectivity index (χ4n) is 4.48. The number of rotatable bonds is 3. The lowest BCUT2D eigenvalue weighted by atomic mass is 10.1. The lowest BCUT2D eigenvalue weighted by Gasteiger charge is -2.10. The van der Waals surface area contributed by atoms with Gasteiger partial charge in [-0.15, -0.1) is 0 Å². The zero-order valence-electron chi connectivity index (χ0n) is 24.2. The Hall–Kier alpha value is -4.29. The van der Waals surface area contributed by atoms with Crippen LogP contribution in [0, 0.1) is 13.7 Å². The van der Waals surface area contributed by atoms with E-state index in [1.165, 1.54) is 6.07 Å². The lowest BCUT2D eigenvalue weighted by Crippen LogP contribution is -1.99. The van der Waals surface area contributed by atoms with Gasteiger partial charge in [-0.3, -0.25) is 4.57 Å². The fraction of sp³-hybridized carbons (Fsp3) is 0.0690. The Morgan fingerprint density at radius 1 is 0.771 bits per heavy atom. The van der Waals surface area contributed by atoms with E-state index >= 15 is 0 Å². The molecule has 0 unspecified atom stereocenters. The van der Waals surface area contributed by atoms with Gasteiger partial charge >= 0.3 is 0 Å². The van der Waals surface area contributed by atoms with Crippen molar-refractivity contribution >= 4 is 43.9 Å². The molecule has 0 bridgehead atoms. The first-order chi connectivity index (χ1) is 19.6. The molecule has 0 aliphatic rings. The Morgan fingerprint density at radius 2 is 1.63 bits per heavy atom. The molecule has 0 saturated heterocycles. The molecular formula is C29H20N4OS. The smallest absolute Gasteiger partial charge is 0.227 e. The van der Waals surface area contributed by atoms with Crippen molar-refractivity contribution in [1.82, 2.24) is 19.5 Å². The third kappa shape index (κ3) is 3.18. The molecule has 0 atom stereocenters. The van der Waals surface area contributed by atoms with Crippen LogP contribution in [0.3, 0.4) is 0 Å². The van der Waals surface area contributed by atoms with Crippen LogP contribution in [-0.4, -0.2) is 19.5 Å². The fourth-order valence-corrected chi connectivity index (χ4v) is 5.16. The average Bonchev–Trinajstić information content (AvgIpc) is 3.63. The van der Waals surface area contributed by atoms with E-state index in [2.05, 4.69) is 9.97 Å². The molecule has 4 aromatic heterocycles. The molecular weight excluding hydrogens is 452 g/mol. The second-order valence-electron chi connectivity index (χ2n) is 8.17. The SMILES string of the molecule is [2H]C([2H])([2H])c1ccc2c(n1)oc1c(-c3nc4sc(C([2H])([2H])[2H])nc4n3-c3ccc(-c4ccccc4)cc3)cccc12. The van der Waals surface area contributed by atoms with Gasteiger partial charge in [0.25, 0.3) is 0 Å². The van der Waals surface area contributed by atoms with E-state index in [0.29, 0.717) is 32.8 Å². The van der Waals surface area contributed by atoms with Crippen LogP contribution in [0.25, 0.3) is 60.7 Å². The quantitative estimate of drug-likeness (QED) is 0.261. The third-order valence-corrected chi connectivity index (χ3v) is 6.81. The Bertz CT molecular complexity index is 2070. The molecule has 0 N–H and O–H groups in total. The van der Waals surface area contributed by atoms with Gasteiger partial charge in [-0.05, 0) is 55.2 Å². The molecule has 0 saturated carbocycles. The number of aryl methyl sites for hydroxylation is 2. The maximum Gasteiger partial charge on any atom is 0.227 e. The largest absolute Gasteiger partial charge is 0.437 e. The molecule has 5 nitrogen and oxygen atoms in total. The summed E-state index contributed by atoms with van der Waals surface area (Å²) in [6, 6.07) is 26.7. The molecule has 0 fully saturated rings. The zero-order valence-corrected chi connectivity index (χ0v) is 19.0. The van der Waals surface area contributed by atoms with Crippen LogP contribution in [0.5, 0.6) is 0 Å². The van der Waals surface area contributed by atoms with E-state index in [1.54, 1.807) is 6.07 Å². The summed E-state index contributed by atoms with van der Waals surface area (Å²) in [6.45, 7) is -4.73. The number of hydrogen-bond donors (Lipinski definition) is 0. The van der Waals surface area contributed by atoms with Crippen LogP contribution in [-0.2, 0) is 0 Å². The topological polar surface area (TPSA) is 56.7 Å². The van der Waals surface area contributed by atoms with Crippen LogP contribution < -0.4 is 0 Å². The Balaban J connectivity index is 1.46. The molecule has 0 amide bonds. The highest BCUT2D eigenvalue weighted by molar-refractivity contribution is 7.18. The number of nitrogens with zero attached hydrogens (tertiary/aromatic N) is 4. The summed E-state index contributed by atoms with van der Waals surface area (Å²) in [4.78, 5) is 14.1. The number of hydrogen-bond acceptors (Lipinski definition) is 5. The minimum Gasteiger partial charge on any atom is -0.437 e. The van der Waals surface area contributed by atoms with Crippen molar-refractivity contribution in [2.75, 3.05) is 0 Å². The van der Waals surface area contributed by atoms with Gasteiger partial charge in [0.05, 0.1) is 10.6 Å². The summed E-state index contributed by atoms with van der Waals surface area (Å²) in [5.74, 6) is 0.518. The number of imidazole rings is 1. The van der Waals surface area contributed by atoms with Gasteiger partial charge < -0.3 is 4.42 Å². The molecule has 0 aliphatic carbocycles. The summed E-state index contributed by atoms with van der Waals surface area (Å²) in [6.07, 6.45) is 0. The summed E-state index contributed by atoms with van der Waals surface area (Å²) in [5, 5.41) is 1.46. The van der Waals surface area contributed by atoms with Crippen molar-refractivity contribution in [3.05, 3.63) is 95.6 Å². The summed E-state index contributed by atoms with van der Waals surface area (Å²) >= 11 is 1.03. The van der Waals surface area contributed by atoms with Crippen LogP contribution >= 0.6 is 11.3 Å². The van der Waals surface area contributed by atoms with Crippen LogP contribution in [0.15, 0.2) is 89.3 Å². The van der Waals surface area contributed by atoms with Gasteiger partial charge in [-0.25, -0.2) is 15.0 Å². The predicted molar refractivity (Wildman–Crippen MR) is 142 cm³/mol. The van der Waals surface area contributed by atoms with Crippen molar-refractivity contribution in [1.29, 1.82) is 0 Å². The van der Waals surface area contributed by atoms with E-state index in [0.717, 1.165) is 33.5 Å².